The SMILES string of the molecule is Cc1[nH]c2ccccc2c1/C=C/[N+](=O)[O-]. The van der Waals surface area contributed by atoms with Gasteiger partial charge in [-0.05, 0) is 13.0 Å². The van der Waals surface area contributed by atoms with E-state index in [1.54, 1.807) is 0 Å². The van der Waals surface area contributed by atoms with Gasteiger partial charge in [0.25, 0.3) is 0 Å². The van der Waals surface area contributed by atoms with Crippen LogP contribution in [0.3, 0.4) is 0 Å². The molecule has 2 rings (SSSR count). The molecule has 0 atom stereocenters. The number of benzene rings is 1. The molecule has 4 heteroatoms. The number of hydrogen-bond acceptors (Lipinski definition) is 2. The number of H-pyrrole nitrogens is 1. The monoisotopic (exact) mass is 202 g/mol. The second-order valence-corrected chi connectivity index (χ2v) is 3.31. The smallest absolute Gasteiger partial charge is 0.235 e. The normalized spacial score (nSPS) is 11.3. The number of aryl methyl sites for hydroxylation is 1. The van der Waals surface area contributed by atoms with Gasteiger partial charge in [-0.3, -0.25) is 10.1 Å². The van der Waals surface area contributed by atoms with E-state index in [2.05, 4.69) is 4.98 Å². The van der Waals surface area contributed by atoms with Crippen molar-refractivity contribution in [1.29, 1.82) is 0 Å². The lowest BCUT2D eigenvalue weighted by Crippen LogP contribution is -1.83. The topological polar surface area (TPSA) is 58.9 Å². The Morgan fingerprint density at radius 1 is 1.40 bits per heavy atom. The van der Waals surface area contributed by atoms with Crippen molar-refractivity contribution < 1.29 is 4.92 Å². The highest BCUT2D eigenvalue weighted by molar-refractivity contribution is 5.90. The molecule has 0 aliphatic rings. The van der Waals surface area contributed by atoms with Crippen molar-refractivity contribution >= 4 is 17.0 Å². The number of nitrogens with one attached hydrogen (secondary N) is 1. The molecule has 0 aliphatic carbocycles. The minimum atomic E-state index is -0.457. The number of rotatable bonds is 2. The second kappa shape index (κ2) is 3.57. The van der Waals surface area contributed by atoms with E-state index in [0.717, 1.165) is 28.4 Å². The fourth-order valence-electron chi connectivity index (χ4n) is 1.65. The number of para-hydroxylation sites is 1. The summed E-state index contributed by atoms with van der Waals surface area (Å²) in [6, 6.07) is 7.74. The molecule has 1 aromatic carbocycles. The maximum atomic E-state index is 10.3. The van der Waals surface area contributed by atoms with E-state index in [1.165, 1.54) is 6.08 Å². The zero-order valence-corrected chi connectivity index (χ0v) is 8.23. The Kier molecular flexibility index (Phi) is 2.25. The average molecular weight is 202 g/mol. The summed E-state index contributed by atoms with van der Waals surface area (Å²) >= 11 is 0. The maximum Gasteiger partial charge on any atom is 0.235 e. The fourth-order valence-corrected chi connectivity index (χ4v) is 1.65. The molecule has 0 aliphatic heterocycles. The Morgan fingerprint density at radius 3 is 2.87 bits per heavy atom. The van der Waals surface area contributed by atoms with Crippen molar-refractivity contribution in [1.82, 2.24) is 4.98 Å². The first-order valence-electron chi connectivity index (χ1n) is 4.57. The van der Waals surface area contributed by atoms with Crippen LogP contribution in [0.1, 0.15) is 11.3 Å². The Balaban J connectivity index is 2.59. The number of nitrogens with zero attached hydrogens (tertiary/aromatic N) is 1. The minimum Gasteiger partial charge on any atom is -0.358 e. The van der Waals surface area contributed by atoms with Crippen LogP contribution in [-0.2, 0) is 0 Å². The predicted molar refractivity (Wildman–Crippen MR) is 59.1 cm³/mol. The van der Waals surface area contributed by atoms with Gasteiger partial charge >= 0.3 is 0 Å². The van der Waals surface area contributed by atoms with Gasteiger partial charge in [-0.15, -0.1) is 0 Å². The lowest BCUT2D eigenvalue weighted by Gasteiger charge is -1.90. The third-order valence-electron chi connectivity index (χ3n) is 2.31. The van der Waals surface area contributed by atoms with Crippen LogP contribution >= 0.6 is 0 Å². The molecule has 1 heterocycles. The van der Waals surface area contributed by atoms with Gasteiger partial charge in [0, 0.05) is 28.2 Å². The number of fused-ring (bicyclic) bond motifs is 1. The van der Waals surface area contributed by atoms with Crippen LogP contribution in [0.25, 0.3) is 17.0 Å². The number of aromatic amines is 1. The summed E-state index contributed by atoms with van der Waals surface area (Å²) in [5.41, 5.74) is 2.81. The summed E-state index contributed by atoms with van der Waals surface area (Å²) < 4.78 is 0. The van der Waals surface area contributed by atoms with Crippen molar-refractivity contribution in [2.24, 2.45) is 0 Å². The Bertz CT molecular complexity index is 541. The van der Waals surface area contributed by atoms with Crippen LogP contribution < -0.4 is 0 Å². The first-order valence-corrected chi connectivity index (χ1v) is 4.57. The molecule has 0 fully saturated rings. The third-order valence-corrected chi connectivity index (χ3v) is 2.31. The molecule has 0 radical (unpaired) electrons. The lowest BCUT2D eigenvalue weighted by atomic mass is 10.1. The summed E-state index contributed by atoms with van der Waals surface area (Å²) in [6.07, 6.45) is 2.48. The second-order valence-electron chi connectivity index (χ2n) is 3.31. The molecular formula is C11H10N2O2. The van der Waals surface area contributed by atoms with Gasteiger partial charge in [-0.2, -0.15) is 0 Å². The predicted octanol–water partition coefficient (Wildman–Crippen LogP) is 2.72. The van der Waals surface area contributed by atoms with Gasteiger partial charge in [-0.25, -0.2) is 0 Å². The molecule has 15 heavy (non-hydrogen) atoms. The zero-order valence-electron chi connectivity index (χ0n) is 8.23. The molecule has 0 spiro atoms. The molecule has 2 aromatic rings. The quantitative estimate of drug-likeness (QED) is 0.601. The van der Waals surface area contributed by atoms with Gasteiger partial charge in [0.15, 0.2) is 0 Å². The molecule has 0 unspecified atom stereocenters. The molecule has 1 N–H and O–H groups in total. The van der Waals surface area contributed by atoms with Crippen molar-refractivity contribution in [3.8, 4) is 0 Å². The van der Waals surface area contributed by atoms with Gasteiger partial charge in [0.2, 0.25) is 6.20 Å². The number of aromatic nitrogens is 1. The van der Waals surface area contributed by atoms with Crippen LogP contribution in [0.15, 0.2) is 30.5 Å². The summed E-state index contributed by atoms with van der Waals surface area (Å²) in [4.78, 5) is 13.0. The molecule has 0 amide bonds. The van der Waals surface area contributed by atoms with E-state index in [-0.39, 0.29) is 0 Å². The molecule has 0 saturated heterocycles. The van der Waals surface area contributed by atoms with Crippen molar-refractivity contribution in [2.45, 2.75) is 6.92 Å². The highest BCUT2D eigenvalue weighted by atomic mass is 16.6. The standard InChI is InChI=1S/C11H10N2O2/c1-8-9(6-7-13(14)15)10-4-2-3-5-11(10)12-8/h2-7,12H,1H3/b7-6+. The average Bonchev–Trinajstić information content (AvgIpc) is 2.50. The van der Waals surface area contributed by atoms with Crippen LogP contribution in [0.5, 0.6) is 0 Å². The van der Waals surface area contributed by atoms with Crippen molar-refractivity contribution in [2.75, 3.05) is 0 Å². The van der Waals surface area contributed by atoms with Crippen LogP contribution in [0, 0.1) is 17.0 Å². The summed E-state index contributed by atoms with van der Waals surface area (Å²) in [7, 11) is 0. The van der Waals surface area contributed by atoms with Gasteiger partial charge < -0.3 is 4.98 Å². The van der Waals surface area contributed by atoms with Crippen LogP contribution in [0.4, 0.5) is 0 Å². The molecular weight excluding hydrogens is 192 g/mol. The summed E-state index contributed by atoms with van der Waals surface area (Å²) in [5, 5.41) is 11.3. The number of hydrogen-bond donors (Lipinski definition) is 1. The van der Waals surface area contributed by atoms with Gasteiger partial charge in [0.05, 0.1) is 4.92 Å². The van der Waals surface area contributed by atoms with Gasteiger partial charge in [0.1, 0.15) is 0 Å². The summed E-state index contributed by atoms with van der Waals surface area (Å²) in [5.74, 6) is 0. The van der Waals surface area contributed by atoms with E-state index in [9.17, 15) is 10.1 Å². The highest BCUT2D eigenvalue weighted by Gasteiger charge is 2.05. The van der Waals surface area contributed by atoms with Crippen LogP contribution in [0.2, 0.25) is 0 Å². The van der Waals surface area contributed by atoms with Crippen LogP contribution in [-0.4, -0.2) is 9.91 Å². The lowest BCUT2D eigenvalue weighted by molar-refractivity contribution is -0.400. The molecule has 1 aromatic heterocycles. The Morgan fingerprint density at radius 2 is 2.13 bits per heavy atom. The van der Waals surface area contributed by atoms with E-state index in [4.69, 9.17) is 0 Å². The van der Waals surface area contributed by atoms with E-state index in [0.29, 0.717) is 0 Å². The fraction of sp³-hybridized carbons (Fsp3) is 0.0909. The number of nitro groups is 1. The third kappa shape index (κ3) is 1.74. The van der Waals surface area contributed by atoms with Crippen molar-refractivity contribution in [3.63, 3.8) is 0 Å². The van der Waals surface area contributed by atoms with Gasteiger partial charge in [-0.1, -0.05) is 18.2 Å². The molecule has 76 valence electrons. The highest BCUT2D eigenvalue weighted by Crippen LogP contribution is 2.22. The molecule has 4 nitrogen and oxygen atoms in total. The summed E-state index contributed by atoms with van der Waals surface area (Å²) in [6.45, 7) is 1.90. The first-order chi connectivity index (χ1) is 7.18. The molecule has 0 bridgehead atoms. The Hall–Kier alpha value is -2.10. The van der Waals surface area contributed by atoms with E-state index in [1.807, 2.05) is 31.2 Å². The van der Waals surface area contributed by atoms with Crippen molar-refractivity contribution in [3.05, 3.63) is 51.8 Å². The largest absolute Gasteiger partial charge is 0.358 e. The van der Waals surface area contributed by atoms with E-state index >= 15 is 0 Å². The van der Waals surface area contributed by atoms with E-state index < -0.39 is 4.92 Å². The molecule has 0 saturated carbocycles. The first kappa shape index (κ1) is 9.45. The maximum absolute atomic E-state index is 10.3. The minimum absolute atomic E-state index is 0.457. The zero-order chi connectivity index (χ0) is 10.8. The Labute approximate surface area is 86.4 Å².